The Morgan fingerprint density at radius 1 is 0.800 bits per heavy atom. The summed E-state index contributed by atoms with van der Waals surface area (Å²) in [6.45, 7) is 0. The molecule has 0 N–H and O–H groups in total. The molecule has 0 aromatic heterocycles. The predicted molar refractivity (Wildman–Crippen MR) is 35.3 cm³/mol. The molecule has 0 aliphatic rings. The zero-order valence-corrected chi connectivity index (χ0v) is 7.50. The molecule has 0 saturated carbocycles. The van der Waals surface area contributed by atoms with Gasteiger partial charge in [-0.2, -0.15) is 50.6 Å². The maximum atomic E-state index is 12.0. The van der Waals surface area contributed by atoms with Gasteiger partial charge in [-0.05, 0) is 0 Å². The molecule has 7 heteroatoms. The average molecular weight is 220 g/mol. The normalized spacial score (nSPS) is 12.1. The van der Waals surface area contributed by atoms with Gasteiger partial charge < -0.3 is 0 Å². The van der Waals surface area contributed by atoms with E-state index in [0.29, 0.717) is 18.2 Å². The zero-order chi connectivity index (χ0) is 11.0. The van der Waals surface area contributed by atoms with E-state index in [1.54, 1.807) is 0 Å². The molecule has 0 atom stereocenters. The molecule has 78 valence electrons. The molecule has 1 rings (SSSR count). The summed E-state index contributed by atoms with van der Waals surface area (Å²) < 4.78 is 71.7. The van der Waals surface area contributed by atoms with Crippen LogP contribution >= 0.6 is 0 Å². The Morgan fingerprint density at radius 2 is 1.13 bits per heavy atom. The van der Waals surface area contributed by atoms with Crippen LogP contribution in [0.1, 0.15) is 11.1 Å². The second-order valence-electron chi connectivity index (χ2n) is 2.47. The predicted octanol–water partition coefficient (Wildman–Crippen LogP) is 0.528. The van der Waals surface area contributed by atoms with E-state index in [1.807, 2.05) is 0 Å². The molecule has 15 heavy (non-hydrogen) atoms. The SMILES string of the molecule is FC(F)(F)c1[c-]c(C(F)(F)F)ccc1.[Li+]. The Balaban J connectivity index is 0.00000196. The Labute approximate surface area is 93.5 Å². The first-order valence-electron chi connectivity index (χ1n) is 3.38. The summed E-state index contributed by atoms with van der Waals surface area (Å²) in [6, 6.07) is 3.04. The molecular formula is C8H3F6Li. The van der Waals surface area contributed by atoms with Crippen LogP contribution in [0.3, 0.4) is 0 Å². The van der Waals surface area contributed by atoms with Crippen LogP contribution in [0.15, 0.2) is 18.2 Å². The minimum absolute atomic E-state index is 0. The largest absolute Gasteiger partial charge is 1.00 e. The van der Waals surface area contributed by atoms with Crippen molar-refractivity contribution in [2.24, 2.45) is 0 Å². The van der Waals surface area contributed by atoms with Gasteiger partial charge in [0.15, 0.2) is 0 Å². The Bertz CT molecular complexity index is 297. The number of alkyl halides is 6. The molecule has 0 amide bonds. The Morgan fingerprint density at radius 3 is 1.40 bits per heavy atom. The van der Waals surface area contributed by atoms with Crippen molar-refractivity contribution in [2.45, 2.75) is 12.4 Å². The molecule has 0 nitrogen and oxygen atoms in total. The molecule has 0 fully saturated rings. The van der Waals surface area contributed by atoms with Crippen LogP contribution in [0, 0.1) is 6.07 Å². The minimum Gasteiger partial charge on any atom is -0.171 e. The second kappa shape index (κ2) is 4.50. The van der Waals surface area contributed by atoms with Crippen molar-refractivity contribution in [3.63, 3.8) is 0 Å². The molecule has 1 aromatic carbocycles. The molecule has 0 aliphatic heterocycles. The molecule has 0 saturated heterocycles. The molecule has 0 aliphatic carbocycles. The van der Waals surface area contributed by atoms with Crippen molar-refractivity contribution in [2.75, 3.05) is 0 Å². The summed E-state index contributed by atoms with van der Waals surface area (Å²) in [5.41, 5.74) is -2.85. The molecule has 0 bridgehead atoms. The van der Waals surface area contributed by atoms with E-state index in [4.69, 9.17) is 0 Å². The van der Waals surface area contributed by atoms with Gasteiger partial charge in [0.2, 0.25) is 0 Å². The van der Waals surface area contributed by atoms with E-state index < -0.39 is 23.5 Å². The van der Waals surface area contributed by atoms with Crippen molar-refractivity contribution in [3.8, 4) is 0 Å². The number of benzene rings is 1. The quantitative estimate of drug-likeness (QED) is 0.340. The first-order valence-corrected chi connectivity index (χ1v) is 3.38. The fraction of sp³-hybridized carbons (Fsp3) is 0.250. The van der Waals surface area contributed by atoms with Gasteiger partial charge in [0.25, 0.3) is 0 Å². The third-order valence-corrected chi connectivity index (χ3v) is 1.41. The monoisotopic (exact) mass is 220 g/mol. The fourth-order valence-corrected chi connectivity index (χ4v) is 0.800. The van der Waals surface area contributed by atoms with Gasteiger partial charge >= 0.3 is 31.2 Å². The minimum atomic E-state index is -4.80. The molecule has 0 heterocycles. The molecular weight excluding hydrogens is 217 g/mol. The van der Waals surface area contributed by atoms with E-state index in [2.05, 4.69) is 0 Å². The van der Waals surface area contributed by atoms with E-state index >= 15 is 0 Å². The van der Waals surface area contributed by atoms with Gasteiger partial charge in [-0.15, -0.1) is 0 Å². The average Bonchev–Trinajstić information content (AvgIpc) is 2.01. The van der Waals surface area contributed by atoms with Gasteiger partial charge in [0.05, 0.1) is 0 Å². The number of rotatable bonds is 0. The first-order chi connectivity index (χ1) is 6.21. The summed E-state index contributed by atoms with van der Waals surface area (Å²) in [4.78, 5) is 0. The maximum Gasteiger partial charge on any atom is 1.00 e. The van der Waals surface area contributed by atoms with Gasteiger partial charge in [-0.25, -0.2) is 0 Å². The molecule has 0 unspecified atom stereocenters. The van der Waals surface area contributed by atoms with E-state index in [9.17, 15) is 26.3 Å². The van der Waals surface area contributed by atoms with E-state index in [1.165, 1.54) is 6.07 Å². The second-order valence-corrected chi connectivity index (χ2v) is 2.47. The van der Waals surface area contributed by atoms with E-state index in [-0.39, 0.29) is 18.9 Å². The Kier molecular flexibility index (Phi) is 4.32. The fourth-order valence-electron chi connectivity index (χ4n) is 0.800. The van der Waals surface area contributed by atoms with Crippen LogP contribution in [0.2, 0.25) is 0 Å². The third-order valence-electron chi connectivity index (χ3n) is 1.41. The zero-order valence-electron chi connectivity index (χ0n) is 7.50. The van der Waals surface area contributed by atoms with Crippen molar-refractivity contribution in [1.29, 1.82) is 0 Å². The van der Waals surface area contributed by atoms with Gasteiger partial charge in [0, 0.05) is 0 Å². The first kappa shape index (κ1) is 14.4. The smallest absolute Gasteiger partial charge is 0.171 e. The summed E-state index contributed by atoms with van der Waals surface area (Å²) in [5, 5.41) is 0. The summed E-state index contributed by atoms with van der Waals surface area (Å²) >= 11 is 0. The molecule has 0 spiro atoms. The molecule has 0 radical (unpaired) electrons. The summed E-state index contributed by atoms with van der Waals surface area (Å²) in [7, 11) is 0. The topological polar surface area (TPSA) is 0 Å². The van der Waals surface area contributed by atoms with Crippen LogP contribution < -0.4 is 18.9 Å². The van der Waals surface area contributed by atoms with Crippen LogP contribution in [-0.4, -0.2) is 0 Å². The van der Waals surface area contributed by atoms with Gasteiger partial charge in [-0.3, -0.25) is 0 Å². The van der Waals surface area contributed by atoms with Crippen molar-refractivity contribution in [3.05, 3.63) is 35.4 Å². The summed E-state index contributed by atoms with van der Waals surface area (Å²) in [5.74, 6) is 0. The third kappa shape index (κ3) is 3.80. The van der Waals surface area contributed by atoms with Crippen LogP contribution in [-0.2, 0) is 12.4 Å². The van der Waals surface area contributed by atoms with Crippen molar-refractivity contribution in [1.82, 2.24) is 0 Å². The van der Waals surface area contributed by atoms with Gasteiger partial charge in [0.1, 0.15) is 0 Å². The van der Waals surface area contributed by atoms with Crippen molar-refractivity contribution >= 4 is 0 Å². The van der Waals surface area contributed by atoms with Crippen molar-refractivity contribution < 1.29 is 45.2 Å². The number of hydrogen-bond acceptors (Lipinski definition) is 0. The summed E-state index contributed by atoms with van der Waals surface area (Å²) in [6.07, 6.45) is -9.61. The van der Waals surface area contributed by atoms with E-state index in [0.717, 1.165) is 0 Å². The van der Waals surface area contributed by atoms with Crippen LogP contribution in [0.25, 0.3) is 0 Å². The molecule has 1 aromatic rings. The Hall–Kier alpha value is -0.603. The van der Waals surface area contributed by atoms with Gasteiger partial charge in [-0.1, -0.05) is 11.1 Å². The number of hydrogen-bond donors (Lipinski definition) is 0. The van der Waals surface area contributed by atoms with Crippen LogP contribution in [0.5, 0.6) is 0 Å². The van der Waals surface area contributed by atoms with Crippen LogP contribution in [0.4, 0.5) is 26.3 Å². The maximum absolute atomic E-state index is 12.0. The number of halogens is 6. The standard InChI is InChI=1S/C8H3F6.Li/c9-7(10,11)5-2-1-3-6(4-5)8(12,13)14;/h1-3H;/q-1;+1.